The van der Waals surface area contributed by atoms with Crippen LogP contribution in [0.5, 0.6) is 0 Å². The van der Waals surface area contributed by atoms with Gasteiger partial charge in [-0.05, 0) is 49.5 Å². The first-order valence-electron chi connectivity index (χ1n) is 12.2. The molecule has 1 N–H and O–H groups in total. The molecule has 180 valence electrons. The van der Waals surface area contributed by atoms with E-state index in [0.717, 1.165) is 42.5 Å². The number of amides is 1. The van der Waals surface area contributed by atoms with Crippen molar-refractivity contribution >= 4 is 11.5 Å². The van der Waals surface area contributed by atoms with Gasteiger partial charge in [0.05, 0.1) is 12.0 Å². The van der Waals surface area contributed by atoms with Gasteiger partial charge in [-0.15, -0.1) is 0 Å². The van der Waals surface area contributed by atoms with E-state index in [0.29, 0.717) is 18.7 Å². The quantitative estimate of drug-likeness (QED) is 0.737. The number of hydrogen-bond donors (Lipinski definition) is 1. The van der Waals surface area contributed by atoms with Crippen LogP contribution in [0.15, 0.2) is 47.3 Å². The lowest BCUT2D eigenvalue weighted by molar-refractivity contribution is -0.135. The minimum atomic E-state index is -0.510. The largest absolute Gasteiger partial charge is 0.396 e. The Morgan fingerprint density at radius 1 is 1.18 bits per heavy atom. The highest BCUT2D eigenvalue weighted by Gasteiger charge is 2.56. The summed E-state index contributed by atoms with van der Waals surface area (Å²) in [4.78, 5) is 30.7. The van der Waals surface area contributed by atoms with E-state index in [1.807, 2.05) is 16.7 Å². The Bertz CT molecular complexity index is 1190. The summed E-state index contributed by atoms with van der Waals surface area (Å²) in [6, 6.07) is 9.87. The van der Waals surface area contributed by atoms with Gasteiger partial charge >= 0.3 is 0 Å². The molecule has 2 bridgehead atoms. The number of allylic oxidation sites excluding steroid dienone is 2. The third-order valence-corrected chi connectivity index (χ3v) is 7.84. The van der Waals surface area contributed by atoms with Crippen LogP contribution < -0.4 is 5.56 Å². The van der Waals surface area contributed by atoms with Crippen molar-refractivity contribution in [3.05, 3.63) is 75.5 Å². The van der Waals surface area contributed by atoms with Crippen LogP contribution in [0.25, 0.3) is 5.57 Å². The smallest absolute Gasteiger partial charge is 0.258 e. The monoisotopic (exact) mass is 465 g/mol. The van der Waals surface area contributed by atoms with Gasteiger partial charge < -0.3 is 14.6 Å². The Balaban J connectivity index is 1.63. The molecule has 0 unspecified atom stereocenters. The molecule has 1 amide bonds. The van der Waals surface area contributed by atoms with Gasteiger partial charge in [0, 0.05) is 62.6 Å². The Labute approximate surface area is 199 Å². The van der Waals surface area contributed by atoms with Crippen LogP contribution in [0.4, 0.5) is 4.39 Å². The molecule has 3 heterocycles. The second kappa shape index (κ2) is 9.12. The highest BCUT2D eigenvalue weighted by atomic mass is 19.1. The van der Waals surface area contributed by atoms with Gasteiger partial charge in [-0.2, -0.15) is 0 Å². The number of nitrogens with zero attached hydrogens (tertiary/aromatic N) is 3. The maximum absolute atomic E-state index is 14.6. The van der Waals surface area contributed by atoms with Gasteiger partial charge in [0.15, 0.2) is 0 Å². The minimum absolute atomic E-state index is 0.0270. The zero-order chi connectivity index (χ0) is 24.0. The van der Waals surface area contributed by atoms with E-state index in [1.54, 1.807) is 37.2 Å². The van der Waals surface area contributed by atoms with Crippen LogP contribution in [0.1, 0.15) is 48.5 Å². The molecule has 1 fully saturated rings. The van der Waals surface area contributed by atoms with Crippen LogP contribution in [0, 0.1) is 17.7 Å². The highest BCUT2D eigenvalue weighted by Crippen LogP contribution is 2.49. The van der Waals surface area contributed by atoms with E-state index >= 15 is 0 Å². The van der Waals surface area contributed by atoms with Crippen molar-refractivity contribution in [3.63, 3.8) is 0 Å². The van der Waals surface area contributed by atoms with Crippen molar-refractivity contribution in [2.75, 3.05) is 20.7 Å². The topological polar surface area (TPSA) is 65.8 Å². The molecular formula is C27H32FN3O3. The summed E-state index contributed by atoms with van der Waals surface area (Å²) in [6.45, 7) is 0.527. The molecule has 1 saturated heterocycles. The van der Waals surface area contributed by atoms with Crippen molar-refractivity contribution in [2.45, 2.75) is 50.9 Å². The molecule has 34 heavy (non-hydrogen) atoms. The zero-order valence-electron chi connectivity index (χ0n) is 19.8. The first kappa shape index (κ1) is 23.0. The molecular weight excluding hydrogens is 433 g/mol. The minimum Gasteiger partial charge on any atom is -0.396 e. The molecule has 0 saturated carbocycles. The third kappa shape index (κ3) is 3.71. The second-order valence-corrected chi connectivity index (χ2v) is 9.94. The Morgan fingerprint density at radius 3 is 2.65 bits per heavy atom. The maximum Gasteiger partial charge on any atom is 0.258 e. The van der Waals surface area contributed by atoms with Gasteiger partial charge in [0.2, 0.25) is 5.91 Å². The maximum atomic E-state index is 14.6. The van der Waals surface area contributed by atoms with Crippen LogP contribution in [0.3, 0.4) is 0 Å². The van der Waals surface area contributed by atoms with E-state index in [4.69, 9.17) is 0 Å². The molecule has 2 aromatic rings. The molecule has 6 nitrogen and oxygen atoms in total. The van der Waals surface area contributed by atoms with E-state index in [1.165, 1.54) is 6.07 Å². The number of rotatable bonds is 5. The van der Waals surface area contributed by atoms with Crippen molar-refractivity contribution in [2.24, 2.45) is 11.8 Å². The van der Waals surface area contributed by atoms with Crippen LogP contribution in [-0.4, -0.2) is 52.1 Å². The van der Waals surface area contributed by atoms with Gasteiger partial charge in [0.1, 0.15) is 5.82 Å². The number of hydrogen-bond acceptors (Lipinski definition) is 4. The summed E-state index contributed by atoms with van der Waals surface area (Å²) in [6.07, 6.45) is 6.30. The van der Waals surface area contributed by atoms with Gasteiger partial charge in [-0.1, -0.05) is 24.3 Å². The molecule has 4 atom stereocenters. The fraction of sp³-hybridized carbons (Fsp3) is 0.481. The predicted octanol–water partition coefficient (Wildman–Crippen LogP) is 3.20. The SMILES string of the molecule is CN(C)C(=O)[C@@H]1[C@@H](CO)[C@@H]2Cn3c(ccc(C4=CCCCC4)c3=O)[C@H]1N2Cc1ccccc1F. The Morgan fingerprint density at radius 2 is 1.97 bits per heavy atom. The van der Waals surface area contributed by atoms with Crippen molar-refractivity contribution in [1.29, 1.82) is 0 Å². The van der Waals surface area contributed by atoms with Gasteiger partial charge in [-0.25, -0.2) is 4.39 Å². The van der Waals surface area contributed by atoms with Crippen molar-refractivity contribution in [3.8, 4) is 0 Å². The number of fused-ring (bicyclic) bond motifs is 4. The highest BCUT2D eigenvalue weighted by molar-refractivity contribution is 5.80. The van der Waals surface area contributed by atoms with E-state index in [9.17, 15) is 19.1 Å². The molecule has 1 aromatic carbocycles. The standard InChI is InChI=1S/C27H32FN3O3/c1-29(2)27(34)24-20(16-32)23-15-31-22(13-12-19(26(31)33)17-8-4-3-5-9-17)25(24)30(23)14-18-10-6-7-11-21(18)28/h6-8,10-13,20,23-25,32H,3-5,9,14-16H2,1-2H3/t20-,23-,24+,25+/m0/s1. The predicted molar refractivity (Wildman–Crippen MR) is 128 cm³/mol. The van der Waals surface area contributed by atoms with Crippen LogP contribution in [-0.2, 0) is 17.9 Å². The first-order chi connectivity index (χ1) is 16.4. The fourth-order valence-corrected chi connectivity index (χ4v) is 6.17. The number of aromatic nitrogens is 1. The molecule has 2 aliphatic heterocycles. The number of pyridine rings is 1. The molecule has 7 heteroatoms. The number of carbonyl (C=O) groups excluding carboxylic acids is 1. The van der Waals surface area contributed by atoms with Crippen LogP contribution >= 0.6 is 0 Å². The molecule has 1 aliphatic carbocycles. The summed E-state index contributed by atoms with van der Waals surface area (Å²) >= 11 is 0. The molecule has 3 aliphatic rings. The first-order valence-corrected chi connectivity index (χ1v) is 12.2. The number of carbonyl (C=O) groups is 1. The average molecular weight is 466 g/mol. The number of aliphatic hydroxyl groups is 1. The number of benzene rings is 1. The van der Waals surface area contributed by atoms with E-state index in [2.05, 4.69) is 11.0 Å². The lowest BCUT2D eigenvalue weighted by Gasteiger charge is -2.38. The summed E-state index contributed by atoms with van der Waals surface area (Å²) in [7, 11) is 3.43. The van der Waals surface area contributed by atoms with E-state index in [-0.39, 0.29) is 35.9 Å². The second-order valence-electron chi connectivity index (χ2n) is 9.94. The molecule has 1 aromatic heterocycles. The summed E-state index contributed by atoms with van der Waals surface area (Å²) in [5.41, 5.74) is 3.13. The van der Waals surface area contributed by atoms with Crippen molar-refractivity contribution < 1.29 is 14.3 Å². The molecule has 5 rings (SSSR count). The molecule has 0 radical (unpaired) electrons. The van der Waals surface area contributed by atoms with Crippen LogP contribution in [0.2, 0.25) is 0 Å². The number of halogens is 1. The lowest BCUT2D eigenvalue weighted by atomic mass is 9.86. The van der Waals surface area contributed by atoms with Gasteiger partial charge in [-0.3, -0.25) is 14.5 Å². The van der Waals surface area contributed by atoms with E-state index < -0.39 is 12.0 Å². The third-order valence-electron chi connectivity index (χ3n) is 7.84. The molecule has 0 spiro atoms. The Kier molecular flexibility index (Phi) is 6.16. The Hall–Kier alpha value is -2.77. The summed E-state index contributed by atoms with van der Waals surface area (Å²) in [5.74, 6) is -1.22. The fourth-order valence-electron chi connectivity index (χ4n) is 6.17. The summed E-state index contributed by atoms with van der Waals surface area (Å²) in [5, 5.41) is 10.4. The zero-order valence-corrected chi connectivity index (χ0v) is 19.8. The average Bonchev–Trinajstić information content (AvgIpc) is 3.05. The van der Waals surface area contributed by atoms with Gasteiger partial charge in [0.25, 0.3) is 5.56 Å². The van der Waals surface area contributed by atoms with Crippen molar-refractivity contribution in [1.82, 2.24) is 14.4 Å². The summed E-state index contributed by atoms with van der Waals surface area (Å²) < 4.78 is 16.4. The normalized spacial score (nSPS) is 26.2. The number of aliphatic hydroxyl groups excluding tert-OH is 1. The lowest BCUT2D eigenvalue weighted by Crippen LogP contribution is -2.46.